The van der Waals surface area contributed by atoms with E-state index in [0.29, 0.717) is 4.90 Å². The molecule has 1 aromatic rings. The van der Waals surface area contributed by atoms with Gasteiger partial charge in [0.25, 0.3) is 0 Å². The maximum atomic E-state index is 12.3. The predicted octanol–water partition coefficient (Wildman–Crippen LogP) is 2.62. The van der Waals surface area contributed by atoms with Gasteiger partial charge in [-0.25, -0.2) is 13.1 Å². The van der Waals surface area contributed by atoms with Crippen LogP contribution in [0, 0.1) is 0 Å². The highest BCUT2D eigenvalue weighted by Crippen LogP contribution is 2.24. The van der Waals surface area contributed by atoms with Gasteiger partial charge in [0.2, 0.25) is 10.0 Å². The van der Waals surface area contributed by atoms with Crippen LogP contribution in [0.15, 0.2) is 35.2 Å². The van der Waals surface area contributed by atoms with Gasteiger partial charge in [-0.15, -0.1) is 0 Å². The molecule has 0 aromatic heterocycles. The van der Waals surface area contributed by atoms with Crippen LogP contribution in [0.3, 0.4) is 0 Å². The SMILES string of the molecule is CCC(C)(C)N1CCC(NS(=O)(=O)c2ccccc2)CC1. The molecule has 118 valence electrons. The molecule has 1 heterocycles. The fraction of sp³-hybridized carbons (Fsp3) is 0.625. The first-order valence-corrected chi connectivity index (χ1v) is 9.16. The molecule has 5 heteroatoms. The van der Waals surface area contributed by atoms with Gasteiger partial charge in [0.05, 0.1) is 4.90 Å². The first-order valence-electron chi connectivity index (χ1n) is 7.67. The van der Waals surface area contributed by atoms with Crippen molar-refractivity contribution >= 4 is 10.0 Å². The van der Waals surface area contributed by atoms with E-state index in [-0.39, 0.29) is 11.6 Å². The second kappa shape index (κ2) is 6.46. The topological polar surface area (TPSA) is 49.4 Å². The number of nitrogens with one attached hydrogen (secondary N) is 1. The molecule has 1 saturated heterocycles. The van der Waals surface area contributed by atoms with E-state index in [9.17, 15) is 8.42 Å². The molecule has 1 fully saturated rings. The third kappa shape index (κ3) is 4.05. The number of likely N-dealkylation sites (tertiary alicyclic amines) is 1. The molecule has 21 heavy (non-hydrogen) atoms. The van der Waals surface area contributed by atoms with Crippen molar-refractivity contribution in [3.05, 3.63) is 30.3 Å². The summed E-state index contributed by atoms with van der Waals surface area (Å²) in [5.74, 6) is 0. The van der Waals surface area contributed by atoms with Gasteiger partial charge in [0.15, 0.2) is 0 Å². The lowest BCUT2D eigenvalue weighted by molar-refractivity contribution is 0.0833. The van der Waals surface area contributed by atoms with E-state index < -0.39 is 10.0 Å². The minimum atomic E-state index is -3.39. The number of sulfonamides is 1. The van der Waals surface area contributed by atoms with Gasteiger partial charge in [-0.1, -0.05) is 25.1 Å². The molecule has 0 atom stereocenters. The average molecular weight is 310 g/mol. The van der Waals surface area contributed by atoms with Gasteiger partial charge in [0, 0.05) is 24.7 Å². The summed E-state index contributed by atoms with van der Waals surface area (Å²) in [6, 6.07) is 8.64. The van der Waals surface area contributed by atoms with Crippen molar-refractivity contribution in [1.82, 2.24) is 9.62 Å². The lowest BCUT2D eigenvalue weighted by Crippen LogP contribution is -2.51. The highest BCUT2D eigenvalue weighted by molar-refractivity contribution is 7.89. The molecule has 1 aromatic carbocycles. The van der Waals surface area contributed by atoms with Crippen LogP contribution in [-0.2, 0) is 10.0 Å². The van der Waals surface area contributed by atoms with Crippen LogP contribution in [0.25, 0.3) is 0 Å². The maximum absolute atomic E-state index is 12.3. The van der Waals surface area contributed by atoms with Gasteiger partial charge in [-0.2, -0.15) is 0 Å². The summed E-state index contributed by atoms with van der Waals surface area (Å²) in [5, 5.41) is 0. The quantitative estimate of drug-likeness (QED) is 0.909. The van der Waals surface area contributed by atoms with E-state index in [1.807, 2.05) is 6.07 Å². The Hall–Kier alpha value is -0.910. The molecule has 0 unspecified atom stereocenters. The predicted molar refractivity (Wildman–Crippen MR) is 85.7 cm³/mol. The largest absolute Gasteiger partial charge is 0.298 e. The fourth-order valence-corrected chi connectivity index (χ4v) is 4.04. The van der Waals surface area contributed by atoms with Gasteiger partial charge < -0.3 is 0 Å². The molecule has 0 aliphatic carbocycles. The van der Waals surface area contributed by atoms with Crippen molar-refractivity contribution in [1.29, 1.82) is 0 Å². The van der Waals surface area contributed by atoms with E-state index in [4.69, 9.17) is 0 Å². The second-order valence-corrected chi connectivity index (χ2v) is 8.08. The molecule has 0 radical (unpaired) electrons. The van der Waals surface area contributed by atoms with E-state index in [0.717, 1.165) is 32.4 Å². The van der Waals surface area contributed by atoms with Crippen LogP contribution >= 0.6 is 0 Å². The highest BCUT2D eigenvalue weighted by Gasteiger charge is 2.30. The minimum Gasteiger partial charge on any atom is -0.298 e. The summed E-state index contributed by atoms with van der Waals surface area (Å²) >= 11 is 0. The summed E-state index contributed by atoms with van der Waals surface area (Å²) in [7, 11) is -3.39. The second-order valence-electron chi connectivity index (χ2n) is 6.36. The number of benzene rings is 1. The molecule has 0 saturated carbocycles. The first kappa shape index (κ1) is 16.5. The zero-order valence-corrected chi connectivity index (χ0v) is 14.0. The van der Waals surface area contributed by atoms with Crippen LogP contribution in [0.5, 0.6) is 0 Å². The lowest BCUT2D eigenvalue weighted by atomic mass is 9.94. The normalized spacial score (nSPS) is 18.8. The molecular formula is C16H26N2O2S. The molecule has 0 spiro atoms. The molecular weight excluding hydrogens is 284 g/mol. The summed E-state index contributed by atoms with van der Waals surface area (Å²) in [4.78, 5) is 2.81. The maximum Gasteiger partial charge on any atom is 0.240 e. The molecule has 0 amide bonds. The zero-order chi connectivity index (χ0) is 15.5. The summed E-state index contributed by atoms with van der Waals surface area (Å²) in [6.07, 6.45) is 2.85. The third-order valence-electron chi connectivity index (χ3n) is 4.59. The molecule has 4 nitrogen and oxygen atoms in total. The summed E-state index contributed by atoms with van der Waals surface area (Å²) in [6.45, 7) is 8.60. The molecule has 1 aliphatic heterocycles. The van der Waals surface area contributed by atoms with Crippen molar-refractivity contribution in [2.24, 2.45) is 0 Å². The Balaban J connectivity index is 1.95. The van der Waals surface area contributed by atoms with Crippen molar-refractivity contribution in [2.45, 2.75) is 56.5 Å². The third-order valence-corrected chi connectivity index (χ3v) is 6.13. The van der Waals surface area contributed by atoms with Crippen LogP contribution in [0.1, 0.15) is 40.0 Å². The number of nitrogens with zero attached hydrogens (tertiary/aromatic N) is 1. The highest BCUT2D eigenvalue weighted by atomic mass is 32.2. The number of hydrogen-bond acceptors (Lipinski definition) is 3. The summed E-state index contributed by atoms with van der Waals surface area (Å²) in [5.41, 5.74) is 0.198. The van der Waals surface area contributed by atoms with Gasteiger partial charge in [0.1, 0.15) is 0 Å². The van der Waals surface area contributed by atoms with E-state index in [1.54, 1.807) is 24.3 Å². The van der Waals surface area contributed by atoms with Crippen molar-refractivity contribution < 1.29 is 8.42 Å². The zero-order valence-electron chi connectivity index (χ0n) is 13.2. The van der Waals surface area contributed by atoms with Gasteiger partial charge >= 0.3 is 0 Å². The Bertz CT molecular complexity index is 547. The summed E-state index contributed by atoms with van der Waals surface area (Å²) < 4.78 is 27.5. The van der Waals surface area contributed by atoms with Gasteiger partial charge in [-0.3, -0.25) is 4.90 Å². The smallest absolute Gasteiger partial charge is 0.240 e. The van der Waals surface area contributed by atoms with Crippen molar-refractivity contribution in [3.8, 4) is 0 Å². The van der Waals surface area contributed by atoms with E-state index in [1.165, 1.54) is 0 Å². The van der Waals surface area contributed by atoms with E-state index >= 15 is 0 Å². The number of hydrogen-bond donors (Lipinski definition) is 1. The van der Waals surface area contributed by atoms with Crippen LogP contribution in [-0.4, -0.2) is 38.0 Å². The number of rotatable bonds is 5. The van der Waals surface area contributed by atoms with Crippen LogP contribution < -0.4 is 4.72 Å². The van der Waals surface area contributed by atoms with Crippen LogP contribution in [0.4, 0.5) is 0 Å². The fourth-order valence-electron chi connectivity index (χ4n) is 2.71. The molecule has 2 rings (SSSR count). The Morgan fingerprint density at radius 2 is 1.76 bits per heavy atom. The standard InChI is InChI=1S/C16H26N2O2S/c1-4-16(2,3)18-12-10-14(11-13-18)17-21(19,20)15-8-6-5-7-9-15/h5-9,14,17H,4,10-13H2,1-3H3. The lowest BCUT2D eigenvalue weighted by Gasteiger charge is -2.42. The van der Waals surface area contributed by atoms with Crippen molar-refractivity contribution in [3.63, 3.8) is 0 Å². The monoisotopic (exact) mass is 310 g/mol. The van der Waals surface area contributed by atoms with Crippen molar-refractivity contribution in [2.75, 3.05) is 13.1 Å². The molecule has 1 N–H and O–H groups in total. The van der Waals surface area contributed by atoms with Crippen LogP contribution in [0.2, 0.25) is 0 Å². The average Bonchev–Trinajstić information content (AvgIpc) is 2.48. The molecule has 0 bridgehead atoms. The molecule has 1 aliphatic rings. The Kier molecular flexibility index (Phi) is 5.07. The van der Waals surface area contributed by atoms with E-state index in [2.05, 4.69) is 30.4 Å². The Morgan fingerprint density at radius 1 is 1.19 bits per heavy atom. The Labute approximate surface area is 128 Å². The Morgan fingerprint density at radius 3 is 2.29 bits per heavy atom. The number of piperidine rings is 1. The van der Waals surface area contributed by atoms with Gasteiger partial charge in [-0.05, 0) is 45.2 Å². The first-order chi connectivity index (χ1) is 9.85. The minimum absolute atomic E-state index is 0.0408.